The minimum atomic E-state index is -0.998. The van der Waals surface area contributed by atoms with Crippen molar-refractivity contribution in [3.05, 3.63) is 0 Å². The molecule has 6 aliphatic rings. The molecule has 2 spiro atoms. The first kappa shape index (κ1) is 36.1. The molecule has 5 aliphatic carbocycles. The molecule has 272 valence electrons. The van der Waals surface area contributed by atoms with Crippen molar-refractivity contribution in [1.82, 2.24) is 5.32 Å². The van der Waals surface area contributed by atoms with Gasteiger partial charge in [0.2, 0.25) is 17.5 Å². The molecule has 5 saturated carbocycles. The van der Waals surface area contributed by atoms with Crippen LogP contribution in [0.25, 0.3) is 0 Å². The first-order valence-corrected chi connectivity index (χ1v) is 19.1. The van der Waals surface area contributed by atoms with Crippen LogP contribution in [-0.4, -0.2) is 48.2 Å². The SMILES string of the molecule is CCCNC(=O)CCC(C)C1CC[C@H]2[C@@H]3[C@H](OC(C)=O)C[C@@H]4CC5(CC[C@]4(C)[C@H]3C[C@H](OC(C)=O)[C@]12C)OOC1(CCC(C)CC1)OO5. The van der Waals surface area contributed by atoms with Gasteiger partial charge in [0.1, 0.15) is 12.2 Å². The van der Waals surface area contributed by atoms with Crippen molar-refractivity contribution in [3.8, 4) is 0 Å². The number of esters is 2. The van der Waals surface area contributed by atoms with Gasteiger partial charge in [-0.25, -0.2) is 0 Å². The van der Waals surface area contributed by atoms with Crippen LogP contribution in [0.15, 0.2) is 0 Å². The van der Waals surface area contributed by atoms with E-state index in [1.807, 2.05) is 0 Å². The van der Waals surface area contributed by atoms with E-state index in [1.165, 1.54) is 13.8 Å². The van der Waals surface area contributed by atoms with E-state index in [0.29, 0.717) is 37.6 Å². The van der Waals surface area contributed by atoms with Gasteiger partial charge in [0.25, 0.3) is 0 Å². The zero-order valence-corrected chi connectivity index (χ0v) is 30.5. The van der Waals surface area contributed by atoms with Crippen molar-refractivity contribution in [1.29, 1.82) is 0 Å². The molecule has 1 N–H and O–H groups in total. The van der Waals surface area contributed by atoms with Crippen LogP contribution in [0.3, 0.4) is 0 Å². The number of fused-ring (bicyclic) bond motifs is 5. The Morgan fingerprint density at radius 3 is 2.17 bits per heavy atom. The average molecular weight is 676 g/mol. The second kappa shape index (κ2) is 13.8. The molecule has 1 heterocycles. The van der Waals surface area contributed by atoms with Gasteiger partial charge in [0.05, 0.1) is 0 Å². The highest BCUT2D eigenvalue weighted by Gasteiger charge is 2.69. The first-order chi connectivity index (χ1) is 22.7. The van der Waals surface area contributed by atoms with Crippen LogP contribution in [0.1, 0.15) is 138 Å². The van der Waals surface area contributed by atoms with Gasteiger partial charge in [-0.1, -0.05) is 34.6 Å². The lowest BCUT2D eigenvalue weighted by Crippen LogP contribution is -2.65. The Bertz CT molecular complexity index is 1190. The molecule has 10 nitrogen and oxygen atoms in total. The monoisotopic (exact) mass is 675 g/mol. The first-order valence-electron chi connectivity index (χ1n) is 19.1. The minimum absolute atomic E-state index is 0.102. The molecule has 1 amide bonds. The van der Waals surface area contributed by atoms with Crippen molar-refractivity contribution in [2.75, 3.05) is 6.54 Å². The molecule has 1 aliphatic heterocycles. The fourth-order valence-corrected chi connectivity index (χ4v) is 11.5. The van der Waals surface area contributed by atoms with Gasteiger partial charge in [0.15, 0.2) is 0 Å². The molecule has 0 aromatic heterocycles. The molecule has 0 aromatic carbocycles. The van der Waals surface area contributed by atoms with Gasteiger partial charge >= 0.3 is 11.9 Å². The third-order valence-electron chi connectivity index (χ3n) is 14.2. The third-order valence-corrected chi connectivity index (χ3v) is 14.2. The Labute approximate surface area is 287 Å². The number of ether oxygens (including phenoxy) is 2. The molecule has 2 unspecified atom stereocenters. The van der Waals surface area contributed by atoms with Crippen LogP contribution in [-0.2, 0) is 43.4 Å². The number of amides is 1. The van der Waals surface area contributed by atoms with Crippen molar-refractivity contribution in [3.63, 3.8) is 0 Å². The van der Waals surface area contributed by atoms with Crippen LogP contribution in [0.5, 0.6) is 0 Å². The van der Waals surface area contributed by atoms with E-state index in [1.54, 1.807) is 0 Å². The third kappa shape index (κ3) is 6.57. The Kier molecular flexibility index (Phi) is 10.3. The molecule has 0 aromatic rings. The standard InChI is InChI=1S/C38H61NO9/c1-8-19-39-33(42)12-9-24(3)28-10-11-29-34-30(21-32(36(28,29)7)44-26(5)41)35(6)17-18-38(22-27(35)20-31(34)43-25(4)40)47-45-37(46-48-38)15-13-23(2)14-16-37/h23-24,27-32,34H,8-22H2,1-7H3,(H,39,42)/t23?,24?,27-,28?,29+,30+,31-,32+,34+,35+,36-,37?,38?/m1/s1. The van der Waals surface area contributed by atoms with Crippen molar-refractivity contribution >= 4 is 17.8 Å². The molecular weight excluding hydrogens is 614 g/mol. The molecule has 6 fully saturated rings. The average Bonchev–Trinajstić information content (AvgIpc) is 3.40. The second-order valence-corrected chi connectivity index (χ2v) is 17.2. The highest BCUT2D eigenvalue weighted by atomic mass is 17.4. The highest BCUT2D eigenvalue weighted by Crippen LogP contribution is 2.70. The Balaban J connectivity index is 1.24. The van der Waals surface area contributed by atoms with E-state index in [4.69, 9.17) is 29.0 Å². The maximum atomic E-state index is 12.7. The Morgan fingerprint density at radius 2 is 1.52 bits per heavy atom. The maximum absolute atomic E-state index is 12.7. The van der Waals surface area contributed by atoms with Crippen LogP contribution in [0, 0.1) is 52.3 Å². The number of hydrogen-bond acceptors (Lipinski definition) is 9. The van der Waals surface area contributed by atoms with Gasteiger partial charge in [-0.3, -0.25) is 14.4 Å². The zero-order chi connectivity index (χ0) is 34.5. The van der Waals surface area contributed by atoms with Crippen LogP contribution in [0.4, 0.5) is 0 Å². The number of carbonyl (C=O) groups is 3. The molecular formula is C38H61NO9. The lowest BCUT2D eigenvalue weighted by molar-refractivity contribution is -0.665. The summed E-state index contributed by atoms with van der Waals surface area (Å²) in [6.45, 7) is 15.0. The highest BCUT2D eigenvalue weighted by molar-refractivity contribution is 5.75. The van der Waals surface area contributed by atoms with Gasteiger partial charge < -0.3 is 14.8 Å². The van der Waals surface area contributed by atoms with E-state index in [2.05, 4.69) is 39.9 Å². The van der Waals surface area contributed by atoms with Crippen molar-refractivity contribution in [2.24, 2.45) is 52.3 Å². The molecule has 10 heteroatoms. The second-order valence-electron chi connectivity index (χ2n) is 17.2. The Hall–Kier alpha value is -1.75. The van der Waals surface area contributed by atoms with E-state index in [-0.39, 0.29) is 70.5 Å². The number of carbonyl (C=O) groups excluding carboxylic acids is 3. The van der Waals surface area contributed by atoms with Crippen LogP contribution < -0.4 is 5.32 Å². The van der Waals surface area contributed by atoms with E-state index >= 15 is 0 Å². The normalized spacial score (nSPS) is 45.8. The number of hydrogen-bond donors (Lipinski definition) is 1. The smallest absolute Gasteiger partial charge is 0.302 e. The van der Waals surface area contributed by atoms with Gasteiger partial charge in [-0.2, -0.15) is 19.6 Å². The van der Waals surface area contributed by atoms with E-state index in [0.717, 1.165) is 70.6 Å². The predicted octanol–water partition coefficient (Wildman–Crippen LogP) is 7.18. The van der Waals surface area contributed by atoms with Crippen molar-refractivity contribution in [2.45, 2.75) is 162 Å². The molecule has 0 radical (unpaired) electrons. The molecule has 6 rings (SSSR count). The van der Waals surface area contributed by atoms with Gasteiger partial charge in [-0.15, -0.1) is 0 Å². The fraction of sp³-hybridized carbons (Fsp3) is 0.921. The van der Waals surface area contributed by atoms with Crippen LogP contribution >= 0.6 is 0 Å². The zero-order valence-electron chi connectivity index (χ0n) is 30.5. The lowest BCUT2D eigenvalue weighted by atomic mass is 9.42. The molecule has 48 heavy (non-hydrogen) atoms. The topological polar surface area (TPSA) is 119 Å². The summed E-state index contributed by atoms with van der Waals surface area (Å²) in [4.78, 5) is 62.4. The largest absolute Gasteiger partial charge is 0.462 e. The fourth-order valence-electron chi connectivity index (χ4n) is 11.5. The molecule has 10 atom stereocenters. The summed E-state index contributed by atoms with van der Waals surface area (Å²) in [5.41, 5.74) is -0.387. The van der Waals surface area contributed by atoms with Crippen molar-refractivity contribution < 1.29 is 43.4 Å². The molecule has 1 saturated heterocycles. The predicted molar refractivity (Wildman–Crippen MR) is 176 cm³/mol. The Morgan fingerprint density at radius 1 is 0.854 bits per heavy atom. The molecule has 0 bridgehead atoms. The summed E-state index contributed by atoms with van der Waals surface area (Å²) in [6.07, 6.45) is 10.7. The summed E-state index contributed by atoms with van der Waals surface area (Å²) in [5, 5.41) is 3.02. The van der Waals surface area contributed by atoms with Gasteiger partial charge in [0, 0.05) is 63.8 Å². The lowest BCUT2D eigenvalue weighted by Gasteiger charge is -2.65. The van der Waals surface area contributed by atoms with E-state index < -0.39 is 11.6 Å². The number of rotatable bonds is 8. The number of nitrogens with one attached hydrogen (secondary N) is 1. The minimum Gasteiger partial charge on any atom is -0.462 e. The summed E-state index contributed by atoms with van der Waals surface area (Å²) >= 11 is 0. The summed E-state index contributed by atoms with van der Waals surface area (Å²) < 4.78 is 12.6. The quantitative estimate of drug-likeness (QED) is 0.211. The maximum Gasteiger partial charge on any atom is 0.302 e. The van der Waals surface area contributed by atoms with Gasteiger partial charge in [-0.05, 0) is 98.7 Å². The summed E-state index contributed by atoms with van der Waals surface area (Å²) in [6, 6.07) is 0. The van der Waals surface area contributed by atoms with E-state index in [9.17, 15) is 14.4 Å². The summed E-state index contributed by atoms with van der Waals surface area (Å²) in [5.74, 6) is -0.350. The van der Waals surface area contributed by atoms with Crippen LogP contribution in [0.2, 0.25) is 0 Å². The summed E-state index contributed by atoms with van der Waals surface area (Å²) in [7, 11) is 0.